The second-order valence-electron chi connectivity index (χ2n) is 6.26. The molecule has 2 amide bonds. The minimum absolute atomic E-state index is 0.195. The van der Waals surface area contributed by atoms with Gasteiger partial charge < -0.3 is 5.32 Å². The number of hydrogen-bond acceptors (Lipinski definition) is 3. The van der Waals surface area contributed by atoms with Gasteiger partial charge in [-0.1, -0.05) is 34.1 Å². The van der Waals surface area contributed by atoms with Crippen LogP contribution in [0.4, 0.5) is 20.2 Å². The molecule has 0 aliphatic carbocycles. The highest BCUT2D eigenvalue weighted by atomic mass is 79.9. The average Bonchev–Trinajstić information content (AvgIpc) is 2.89. The van der Waals surface area contributed by atoms with E-state index >= 15 is 0 Å². The van der Waals surface area contributed by atoms with Gasteiger partial charge in [-0.25, -0.2) is 8.78 Å². The lowest BCUT2D eigenvalue weighted by atomic mass is 10.0. The van der Waals surface area contributed by atoms with Gasteiger partial charge in [0.1, 0.15) is 0 Å². The molecule has 0 bridgehead atoms. The van der Waals surface area contributed by atoms with Crippen LogP contribution in [0.15, 0.2) is 58.1 Å². The summed E-state index contributed by atoms with van der Waals surface area (Å²) in [5.74, 6) is -5.26. The van der Waals surface area contributed by atoms with Gasteiger partial charge in [-0.2, -0.15) is 10.1 Å². The van der Waals surface area contributed by atoms with Crippen LogP contribution in [0.25, 0.3) is 0 Å². The number of amides is 2. The van der Waals surface area contributed by atoms with E-state index in [1.165, 1.54) is 29.3 Å². The van der Waals surface area contributed by atoms with Crippen molar-refractivity contribution in [2.24, 2.45) is 11.0 Å². The smallest absolute Gasteiger partial charge is 0.270 e. The number of benzene rings is 2. The lowest BCUT2D eigenvalue weighted by Crippen LogP contribution is -2.36. The van der Waals surface area contributed by atoms with Gasteiger partial charge in [0.2, 0.25) is 5.91 Å². The zero-order valence-electron chi connectivity index (χ0n) is 14.5. The first kappa shape index (κ1) is 19.2. The highest BCUT2D eigenvalue weighted by Gasteiger charge is 2.40. The Hall–Kier alpha value is -2.61. The van der Waals surface area contributed by atoms with Crippen molar-refractivity contribution in [1.82, 2.24) is 0 Å². The molecule has 0 saturated carbocycles. The Bertz CT molecular complexity index is 941. The lowest BCUT2D eigenvalue weighted by Gasteiger charge is -2.16. The highest BCUT2D eigenvalue weighted by Crippen LogP contribution is 2.30. The first-order valence-electron chi connectivity index (χ1n) is 8.10. The molecule has 1 unspecified atom stereocenters. The molecule has 0 fully saturated rings. The molecule has 0 spiro atoms. The first-order chi connectivity index (χ1) is 12.7. The Balaban J connectivity index is 1.80. The third-order valence-electron chi connectivity index (χ3n) is 4.08. The second-order valence-corrected chi connectivity index (χ2v) is 7.18. The van der Waals surface area contributed by atoms with Crippen molar-refractivity contribution in [2.75, 3.05) is 10.3 Å². The van der Waals surface area contributed by atoms with Crippen molar-refractivity contribution in [2.45, 2.75) is 19.8 Å². The van der Waals surface area contributed by atoms with Gasteiger partial charge in [0.25, 0.3) is 11.8 Å². The summed E-state index contributed by atoms with van der Waals surface area (Å²) in [6, 6.07) is 12.4. The predicted octanol–water partition coefficient (Wildman–Crippen LogP) is 4.54. The van der Waals surface area contributed by atoms with Crippen LogP contribution >= 0.6 is 15.9 Å². The summed E-state index contributed by atoms with van der Waals surface area (Å²) in [5.41, 5.74) is 0.825. The number of halogens is 3. The molecule has 5 nitrogen and oxygen atoms in total. The summed E-state index contributed by atoms with van der Waals surface area (Å²) in [4.78, 5) is 25.3. The second kappa shape index (κ2) is 7.19. The molecule has 3 rings (SSSR count). The molecule has 1 atom stereocenters. The summed E-state index contributed by atoms with van der Waals surface area (Å²) < 4.78 is 27.7. The fraction of sp³-hybridized carbons (Fsp3) is 0.211. The average molecular weight is 436 g/mol. The largest absolute Gasteiger partial charge is 0.325 e. The molecule has 1 N–H and O–H groups in total. The number of hydrogen-bond donors (Lipinski definition) is 1. The van der Waals surface area contributed by atoms with Crippen LogP contribution in [0, 0.1) is 5.92 Å². The van der Waals surface area contributed by atoms with Gasteiger partial charge in [0.05, 0.1) is 11.4 Å². The summed E-state index contributed by atoms with van der Waals surface area (Å²) in [5, 5.41) is 7.88. The third kappa shape index (κ3) is 4.05. The summed E-state index contributed by atoms with van der Waals surface area (Å²) in [6.07, 6.45) is 0. The van der Waals surface area contributed by atoms with Crippen molar-refractivity contribution >= 4 is 44.8 Å². The van der Waals surface area contributed by atoms with E-state index in [1.54, 1.807) is 31.2 Å². The molecule has 2 aromatic rings. The Morgan fingerprint density at radius 1 is 1.22 bits per heavy atom. The Labute approximate surface area is 163 Å². The minimum Gasteiger partial charge on any atom is -0.325 e. The van der Waals surface area contributed by atoms with Crippen LogP contribution in [0.5, 0.6) is 0 Å². The van der Waals surface area contributed by atoms with Gasteiger partial charge in [0.15, 0.2) is 5.92 Å². The standard InChI is InChI=1S/C19H16BrF2N3O2/c1-11-16(18(27)25(24-11)15-8-4-6-13(20)10-15)17(26)23-14-7-3-5-12(9-14)19(2,21)22/h3-10,16H,1-2H3,(H,23,26). The predicted molar refractivity (Wildman–Crippen MR) is 103 cm³/mol. The van der Waals surface area contributed by atoms with Crippen molar-refractivity contribution in [3.8, 4) is 0 Å². The number of rotatable bonds is 4. The van der Waals surface area contributed by atoms with Crippen molar-refractivity contribution < 1.29 is 18.4 Å². The van der Waals surface area contributed by atoms with Crippen LogP contribution < -0.4 is 10.3 Å². The first-order valence-corrected chi connectivity index (χ1v) is 8.90. The number of alkyl halides is 2. The zero-order chi connectivity index (χ0) is 19.8. The van der Waals surface area contributed by atoms with Gasteiger partial charge >= 0.3 is 0 Å². The molecule has 0 saturated heterocycles. The summed E-state index contributed by atoms with van der Waals surface area (Å²) >= 11 is 3.33. The van der Waals surface area contributed by atoms with Gasteiger partial charge in [0, 0.05) is 22.6 Å². The number of anilines is 2. The van der Waals surface area contributed by atoms with E-state index in [0.717, 1.165) is 11.4 Å². The van der Waals surface area contributed by atoms with Crippen LogP contribution in [0.1, 0.15) is 19.4 Å². The molecule has 1 aliphatic heterocycles. The molecular weight excluding hydrogens is 420 g/mol. The topological polar surface area (TPSA) is 61.8 Å². The SMILES string of the molecule is CC1=NN(c2cccc(Br)c2)C(=O)C1C(=O)Nc1cccc(C(C)(F)F)c1. The van der Waals surface area contributed by atoms with E-state index in [4.69, 9.17) is 0 Å². The zero-order valence-corrected chi connectivity index (χ0v) is 16.1. The lowest BCUT2D eigenvalue weighted by molar-refractivity contribution is -0.127. The van der Waals surface area contributed by atoms with Crippen LogP contribution in [0.3, 0.4) is 0 Å². The Kier molecular flexibility index (Phi) is 5.10. The minimum atomic E-state index is -3.03. The van der Waals surface area contributed by atoms with E-state index in [1.807, 2.05) is 0 Å². The number of carbonyl (C=O) groups excluding carboxylic acids is 2. The van der Waals surface area contributed by atoms with Crippen molar-refractivity contribution in [3.63, 3.8) is 0 Å². The maximum atomic E-state index is 13.5. The van der Waals surface area contributed by atoms with Crippen molar-refractivity contribution in [3.05, 3.63) is 58.6 Å². The highest BCUT2D eigenvalue weighted by molar-refractivity contribution is 9.10. The number of carbonyl (C=O) groups is 2. The van der Waals surface area contributed by atoms with Crippen LogP contribution in [0.2, 0.25) is 0 Å². The Morgan fingerprint density at radius 3 is 2.59 bits per heavy atom. The molecule has 1 aliphatic rings. The van der Waals surface area contributed by atoms with Gasteiger partial charge in [-0.05, 0) is 37.3 Å². The van der Waals surface area contributed by atoms with E-state index in [9.17, 15) is 18.4 Å². The van der Waals surface area contributed by atoms with Crippen LogP contribution in [-0.4, -0.2) is 17.5 Å². The summed E-state index contributed by atoms with van der Waals surface area (Å²) in [7, 11) is 0. The van der Waals surface area contributed by atoms with E-state index < -0.39 is 23.7 Å². The van der Waals surface area contributed by atoms with E-state index in [2.05, 4.69) is 26.3 Å². The number of hydrazone groups is 1. The molecule has 8 heteroatoms. The summed E-state index contributed by atoms with van der Waals surface area (Å²) in [6.45, 7) is 2.36. The fourth-order valence-corrected chi connectivity index (χ4v) is 3.13. The molecule has 0 radical (unpaired) electrons. The van der Waals surface area contributed by atoms with E-state index in [0.29, 0.717) is 11.4 Å². The maximum absolute atomic E-state index is 13.5. The van der Waals surface area contributed by atoms with Crippen molar-refractivity contribution in [1.29, 1.82) is 0 Å². The maximum Gasteiger partial charge on any atom is 0.270 e. The van der Waals surface area contributed by atoms with Crippen LogP contribution in [-0.2, 0) is 15.5 Å². The fourth-order valence-electron chi connectivity index (χ4n) is 2.74. The molecule has 2 aromatic carbocycles. The molecular formula is C19H16BrF2N3O2. The van der Waals surface area contributed by atoms with Gasteiger partial charge in [-0.15, -0.1) is 0 Å². The monoisotopic (exact) mass is 435 g/mol. The number of nitrogens with zero attached hydrogens (tertiary/aromatic N) is 2. The Morgan fingerprint density at radius 2 is 1.93 bits per heavy atom. The van der Waals surface area contributed by atoms with E-state index in [-0.39, 0.29) is 11.3 Å². The molecule has 0 aromatic heterocycles. The third-order valence-corrected chi connectivity index (χ3v) is 4.58. The number of nitrogens with one attached hydrogen (secondary N) is 1. The normalized spacial score (nSPS) is 17.1. The van der Waals surface area contributed by atoms with Gasteiger partial charge in [-0.3, -0.25) is 9.59 Å². The quantitative estimate of drug-likeness (QED) is 0.716. The molecule has 27 heavy (non-hydrogen) atoms. The molecule has 1 heterocycles. The molecule has 140 valence electrons.